The first-order valence-corrected chi connectivity index (χ1v) is 38.0. The summed E-state index contributed by atoms with van der Waals surface area (Å²) in [4.78, 5) is 25.7. The monoisotopic (exact) mass is 1170 g/mol. The molecule has 8 nitrogen and oxygen atoms in total. The van der Waals surface area contributed by atoms with Crippen LogP contribution in [0.3, 0.4) is 0 Å². The Labute approximate surface area is 507 Å². The summed E-state index contributed by atoms with van der Waals surface area (Å²) in [6.07, 6.45) is 81.6. The van der Waals surface area contributed by atoms with Gasteiger partial charge in [-0.15, -0.1) is 0 Å². The van der Waals surface area contributed by atoms with Crippen LogP contribution in [0.4, 0.5) is 0 Å². The minimum atomic E-state index is -4.58. The predicted octanol–water partition coefficient (Wildman–Crippen LogP) is 22.7. The Morgan fingerprint density at radius 2 is 0.679 bits per heavy atom. The lowest BCUT2D eigenvalue weighted by atomic mass is 10.0. The summed E-state index contributed by atoms with van der Waals surface area (Å²) < 4.78 is 23.6. The number of rotatable bonds is 69. The van der Waals surface area contributed by atoms with Gasteiger partial charge >= 0.3 is 0 Å². The first kappa shape index (κ1) is 80.2. The molecule has 0 bridgehead atoms. The number of aliphatic hydroxyl groups excluding tert-OH is 1. The molecule has 0 rings (SSSR count). The van der Waals surface area contributed by atoms with E-state index in [1.807, 2.05) is 21.1 Å². The number of unbranched alkanes of at least 4 members (excludes halogenated alkanes) is 54. The summed E-state index contributed by atoms with van der Waals surface area (Å²) in [5.74, 6) is -0.155. The number of allylic oxidation sites excluding steroid dienone is 2. The van der Waals surface area contributed by atoms with Gasteiger partial charge in [-0.2, -0.15) is 0 Å². The van der Waals surface area contributed by atoms with Gasteiger partial charge in [-0.1, -0.05) is 360 Å². The normalized spacial score (nSPS) is 13.6. The number of carbonyl (C=O) groups excluding carboxylic acids is 1. The van der Waals surface area contributed by atoms with Gasteiger partial charge < -0.3 is 28.8 Å². The highest BCUT2D eigenvalue weighted by Gasteiger charge is 2.24. The summed E-state index contributed by atoms with van der Waals surface area (Å²) in [5.41, 5.74) is 0. The van der Waals surface area contributed by atoms with E-state index in [1.165, 1.54) is 327 Å². The van der Waals surface area contributed by atoms with Crippen molar-refractivity contribution in [3.63, 3.8) is 0 Å². The molecule has 0 heterocycles. The van der Waals surface area contributed by atoms with Gasteiger partial charge in [0.1, 0.15) is 13.2 Å². The van der Waals surface area contributed by atoms with Crippen molar-refractivity contribution in [2.45, 2.75) is 405 Å². The largest absolute Gasteiger partial charge is 0.756 e. The van der Waals surface area contributed by atoms with Crippen molar-refractivity contribution < 1.29 is 32.9 Å². The fraction of sp³-hybridized carbons (Fsp3) is 0.958. The molecule has 0 saturated heterocycles. The molecule has 0 spiro atoms. The number of phosphoric ester groups is 1. The Morgan fingerprint density at radius 1 is 0.420 bits per heavy atom. The quantitative estimate of drug-likeness (QED) is 0.0272. The molecule has 0 aliphatic carbocycles. The molecule has 0 saturated carbocycles. The Balaban J connectivity index is 3.94. The van der Waals surface area contributed by atoms with E-state index in [2.05, 4.69) is 31.3 Å². The third kappa shape index (κ3) is 66.6. The van der Waals surface area contributed by atoms with Crippen LogP contribution in [0.25, 0.3) is 0 Å². The topological polar surface area (TPSA) is 108 Å². The summed E-state index contributed by atoms with van der Waals surface area (Å²) in [6, 6.07) is -0.799. The highest BCUT2D eigenvalue weighted by atomic mass is 31.2. The van der Waals surface area contributed by atoms with E-state index in [4.69, 9.17) is 9.05 Å². The number of aliphatic hydroxyl groups is 1. The van der Waals surface area contributed by atoms with Gasteiger partial charge in [0.05, 0.1) is 39.9 Å². The average Bonchev–Trinajstić information content (AvgIpc) is 3.43. The van der Waals surface area contributed by atoms with E-state index in [0.29, 0.717) is 23.9 Å². The zero-order valence-corrected chi connectivity index (χ0v) is 56.4. The zero-order chi connectivity index (χ0) is 59.1. The average molecular weight is 1170 g/mol. The lowest BCUT2D eigenvalue weighted by Crippen LogP contribution is -2.46. The zero-order valence-electron chi connectivity index (χ0n) is 55.5. The van der Waals surface area contributed by atoms with E-state index >= 15 is 0 Å². The number of amides is 1. The first-order valence-electron chi connectivity index (χ1n) is 36.5. The molecule has 9 heteroatoms. The van der Waals surface area contributed by atoms with E-state index in [9.17, 15) is 19.4 Å². The second-order valence-corrected chi connectivity index (χ2v) is 28.1. The van der Waals surface area contributed by atoms with Gasteiger partial charge in [0, 0.05) is 6.42 Å². The Bertz CT molecular complexity index is 1320. The Hall–Kier alpha value is -0.760. The summed E-state index contributed by atoms with van der Waals surface area (Å²) >= 11 is 0. The molecule has 0 radical (unpaired) electrons. The molecule has 3 atom stereocenters. The van der Waals surface area contributed by atoms with Crippen molar-refractivity contribution in [1.82, 2.24) is 5.32 Å². The van der Waals surface area contributed by atoms with Crippen molar-refractivity contribution in [3.8, 4) is 0 Å². The number of hydrogen-bond acceptors (Lipinski definition) is 6. The molecule has 0 aromatic carbocycles. The van der Waals surface area contributed by atoms with Crippen LogP contribution < -0.4 is 10.2 Å². The smallest absolute Gasteiger partial charge is 0.268 e. The molecule has 484 valence electrons. The molecule has 0 aliphatic heterocycles. The van der Waals surface area contributed by atoms with Crippen LogP contribution in [0, 0.1) is 0 Å². The van der Waals surface area contributed by atoms with E-state index in [1.54, 1.807) is 0 Å². The van der Waals surface area contributed by atoms with Crippen molar-refractivity contribution in [2.24, 2.45) is 0 Å². The second-order valence-electron chi connectivity index (χ2n) is 26.7. The molecule has 0 aliphatic rings. The van der Waals surface area contributed by atoms with Gasteiger partial charge in [-0.3, -0.25) is 9.36 Å². The Morgan fingerprint density at radius 3 is 0.963 bits per heavy atom. The van der Waals surface area contributed by atoms with Crippen LogP contribution in [0.15, 0.2) is 12.2 Å². The molecular formula is C72H145N2O6P. The number of hydrogen-bond donors (Lipinski definition) is 2. The van der Waals surface area contributed by atoms with Crippen molar-refractivity contribution in [3.05, 3.63) is 12.2 Å². The second kappa shape index (κ2) is 63.7. The minimum absolute atomic E-state index is 0.0158. The maximum atomic E-state index is 13.1. The third-order valence-corrected chi connectivity index (χ3v) is 18.2. The van der Waals surface area contributed by atoms with Gasteiger partial charge in [0.15, 0.2) is 0 Å². The van der Waals surface area contributed by atoms with Crippen molar-refractivity contribution >= 4 is 13.7 Å². The molecule has 2 N–H and O–H groups in total. The lowest BCUT2D eigenvalue weighted by molar-refractivity contribution is -0.870. The molecular weight excluding hydrogens is 1020 g/mol. The van der Waals surface area contributed by atoms with E-state index in [-0.39, 0.29) is 19.1 Å². The summed E-state index contributed by atoms with van der Waals surface area (Å²) in [5, 5.41) is 14.1. The Kier molecular flexibility index (Phi) is 63.1. The third-order valence-electron chi connectivity index (χ3n) is 17.3. The van der Waals surface area contributed by atoms with Gasteiger partial charge in [0.2, 0.25) is 5.91 Å². The molecule has 0 aromatic heterocycles. The predicted molar refractivity (Wildman–Crippen MR) is 353 cm³/mol. The number of carbonyl (C=O) groups is 1. The van der Waals surface area contributed by atoms with Gasteiger partial charge in [-0.05, 0) is 38.5 Å². The number of quaternary nitrogens is 1. The molecule has 1 amide bonds. The fourth-order valence-corrected chi connectivity index (χ4v) is 12.3. The van der Waals surface area contributed by atoms with E-state index < -0.39 is 20.0 Å². The van der Waals surface area contributed by atoms with Crippen LogP contribution in [-0.4, -0.2) is 68.5 Å². The van der Waals surface area contributed by atoms with Crippen molar-refractivity contribution in [2.75, 3.05) is 40.9 Å². The van der Waals surface area contributed by atoms with Gasteiger partial charge in [-0.25, -0.2) is 0 Å². The molecule has 0 aromatic rings. The highest BCUT2D eigenvalue weighted by molar-refractivity contribution is 7.45. The number of nitrogens with one attached hydrogen (secondary N) is 1. The van der Waals surface area contributed by atoms with Crippen LogP contribution in [0.2, 0.25) is 0 Å². The summed E-state index contributed by atoms with van der Waals surface area (Å²) in [7, 11) is 1.33. The fourth-order valence-electron chi connectivity index (χ4n) is 11.6. The lowest BCUT2D eigenvalue weighted by Gasteiger charge is -2.30. The molecule has 3 unspecified atom stereocenters. The maximum Gasteiger partial charge on any atom is 0.268 e. The maximum absolute atomic E-state index is 13.1. The standard InChI is InChI=1S/C72H145N2O6P/c1-6-8-10-12-14-16-18-20-22-24-26-28-30-32-33-34-35-36-37-38-39-40-41-42-44-46-48-50-52-54-56-58-60-62-64-66-72(76)73-70(69-80-81(77,78)79-68-67-74(3,4)5)71(75)65-63-61-59-57-55-53-51-49-47-45-43-31-29-27-25-23-21-19-17-15-13-11-9-7-2/h34-35,70-71,75H,6-33,36-69H2,1-5H3,(H-,73,76,77,78)/b35-34-. The number of phosphoric acid groups is 1. The summed E-state index contributed by atoms with van der Waals surface area (Å²) in [6.45, 7) is 4.80. The van der Waals surface area contributed by atoms with Crippen LogP contribution in [0.1, 0.15) is 393 Å². The molecule has 81 heavy (non-hydrogen) atoms. The molecule has 0 fully saturated rings. The van der Waals surface area contributed by atoms with Crippen LogP contribution >= 0.6 is 7.82 Å². The number of nitrogens with zero attached hydrogens (tertiary/aromatic N) is 1. The van der Waals surface area contributed by atoms with Gasteiger partial charge in [0.25, 0.3) is 7.82 Å². The first-order chi connectivity index (χ1) is 39.5. The highest BCUT2D eigenvalue weighted by Crippen LogP contribution is 2.38. The van der Waals surface area contributed by atoms with Crippen LogP contribution in [-0.2, 0) is 18.4 Å². The van der Waals surface area contributed by atoms with E-state index in [0.717, 1.165) is 38.5 Å². The van der Waals surface area contributed by atoms with Crippen LogP contribution in [0.5, 0.6) is 0 Å². The number of likely N-dealkylation sites (N-methyl/N-ethyl adjacent to an activating group) is 1. The minimum Gasteiger partial charge on any atom is -0.756 e. The van der Waals surface area contributed by atoms with Crippen molar-refractivity contribution in [1.29, 1.82) is 0 Å². The SMILES string of the molecule is CCCCCCCCCCCCCCCC/C=C\CCCCCCCCCCCCCCCCCCCC(=O)NC(COP(=O)([O-])OCC[N+](C)(C)C)C(O)CCCCCCCCCCCCCCCCCCCCCCCCCC.